The Kier molecular flexibility index (Phi) is 4.22. The number of nitrogens with two attached hydrogens (primary N) is 2. The van der Waals surface area contributed by atoms with Crippen LogP contribution in [0.2, 0.25) is 0 Å². The number of para-hydroxylation sites is 1. The molecule has 0 spiro atoms. The highest BCUT2D eigenvalue weighted by Gasteiger charge is 2.21. The maximum Gasteiger partial charge on any atom is 0.272 e. The fourth-order valence-corrected chi connectivity index (χ4v) is 2.00. The van der Waals surface area contributed by atoms with Crippen LogP contribution in [0, 0.1) is 0 Å². The minimum atomic E-state index is -0.583. The molecule has 1 aromatic carbocycles. The molecule has 0 atom stereocenters. The van der Waals surface area contributed by atoms with Crippen molar-refractivity contribution >= 4 is 17.5 Å². The van der Waals surface area contributed by atoms with Crippen LogP contribution in [0.15, 0.2) is 36.8 Å². The first-order chi connectivity index (χ1) is 9.99. The fourth-order valence-electron chi connectivity index (χ4n) is 2.00. The van der Waals surface area contributed by atoms with Crippen LogP contribution in [0.3, 0.4) is 0 Å². The predicted octanol–water partition coefficient (Wildman–Crippen LogP) is 0.130. The van der Waals surface area contributed by atoms with E-state index in [1.54, 1.807) is 29.8 Å². The number of imidazole rings is 1. The Morgan fingerprint density at radius 2 is 2.05 bits per heavy atom. The summed E-state index contributed by atoms with van der Waals surface area (Å²) < 4.78 is 1.59. The molecule has 110 valence electrons. The third kappa shape index (κ3) is 3.38. The van der Waals surface area contributed by atoms with Crippen LogP contribution in [-0.4, -0.2) is 32.8 Å². The van der Waals surface area contributed by atoms with Gasteiger partial charge in [-0.25, -0.2) is 4.98 Å². The number of amides is 2. The molecular weight excluding hydrogens is 270 g/mol. The Hall–Kier alpha value is -2.83. The molecule has 0 aliphatic carbocycles. The normalized spacial score (nSPS) is 10.3. The molecule has 1 heterocycles. The van der Waals surface area contributed by atoms with Crippen LogP contribution < -0.4 is 11.5 Å². The second kappa shape index (κ2) is 6.08. The number of aryl methyl sites for hydroxylation is 1. The monoisotopic (exact) mass is 287 g/mol. The van der Waals surface area contributed by atoms with Gasteiger partial charge in [0.25, 0.3) is 5.91 Å². The first kappa shape index (κ1) is 14.6. The molecule has 1 aromatic heterocycles. The largest absolute Gasteiger partial charge is 0.398 e. The molecule has 0 bridgehead atoms. The molecular formula is C14H17N5O2. The van der Waals surface area contributed by atoms with Gasteiger partial charge in [-0.2, -0.15) is 0 Å². The lowest BCUT2D eigenvalue weighted by molar-refractivity contribution is -0.118. The minimum absolute atomic E-state index is 0.182. The Balaban J connectivity index is 2.27. The van der Waals surface area contributed by atoms with E-state index in [-0.39, 0.29) is 19.0 Å². The highest BCUT2D eigenvalue weighted by atomic mass is 16.2. The van der Waals surface area contributed by atoms with Gasteiger partial charge >= 0.3 is 0 Å². The average molecular weight is 287 g/mol. The Labute approximate surface area is 122 Å². The van der Waals surface area contributed by atoms with Crippen LogP contribution in [0.1, 0.15) is 16.1 Å². The van der Waals surface area contributed by atoms with Crippen LogP contribution in [0.4, 0.5) is 5.69 Å². The molecule has 2 rings (SSSR count). The van der Waals surface area contributed by atoms with Crippen molar-refractivity contribution in [1.82, 2.24) is 14.5 Å². The summed E-state index contributed by atoms with van der Waals surface area (Å²) in [4.78, 5) is 29.0. The van der Waals surface area contributed by atoms with E-state index in [2.05, 4.69) is 4.98 Å². The van der Waals surface area contributed by atoms with Crippen molar-refractivity contribution in [2.45, 2.75) is 6.54 Å². The van der Waals surface area contributed by atoms with E-state index in [0.717, 1.165) is 5.56 Å². The number of aromatic nitrogens is 2. The van der Waals surface area contributed by atoms with E-state index < -0.39 is 5.91 Å². The quantitative estimate of drug-likeness (QED) is 0.762. The molecule has 21 heavy (non-hydrogen) atoms. The molecule has 0 aliphatic rings. The second-order valence-corrected chi connectivity index (χ2v) is 4.72. The van der Waals surface area contributed by atoms with Crippen molar-refractivity contribution in [3.63, 3.8) is 0 Å². The molecule has 0 fully saturated rings. The summed E-state index contributed by atoms with van der Waals surface area (Å²) in [5, 5.41) is 0. The highest BCUT2D eigenvalue weighted by Crippen LogP contribution is 2.15. The van der Waals surface area contributed by atoms with E-state index in [1.807, 2.05) is 6.07 Å². The molecule has 0 saturated heterocycles. The number of rotatable bonds is 5. The van der Waals surface area contributed by atoms with Gasteiger partial charge in [-0.05, 0) is 11.6 Å². The number of carbonyl (C=O) groups excluding carboxylic acids is 2. The third-order valence-corrected chi connectivity index (χ3v) is 3.09. The number of benzene rings is 1. The van der Waals surface area contributed by atoms with Gasteiger partial charge in [0.15, 0.2) is 0 Å². The summed E-state index contributed by atoms with van der Waals surface area (Å²) >= 11 is 0. The summed E-state index contributed by atoms with van der Waals surface area (Å²) in [6.07, 6.45) is 2.97. The maximum absolute atomic E-state index is 12.5. The smallest absolute Gasteiger partial charge is 0.272 e. The van der Waals surface area contributed by atoms with E-state index >= 15 is 0 Å². The SMILES string of the molecule is Cn1cncc1C(=O)N(CC(N)=O)Cc1ccccc1N. The van der Waals surface area contributed by atoms with Gasteiger partial charge in [-0.1, -0.05) is 18.2 Å². The van der Waals surface area contributed by atoms with Crippen molar-refractivity contribution < 1.29 is 9.59 Å². The van der Waals surface area contributed by atoms with Gasteiger partial charge in [-0.3, -0.25) is 9.59 Å². The van der Waals surface area contributed by atoms with Crippen LogP contribution >= 0.6 is 0 Å². The predicted molar refractivity (Wildman–Crippen MR) is 78.0 cm³/mol. The Morgan fingerprint density at radius 3 is 2.62 bits per heavy atom. The molecule has 0 saturated carbocycles. The zero-order valence-corrected chi connectivity index (χ0v) is 11.7. The lowest BCUT2D eigenvalue weighted by Crippen LogP contribution is -2.38. The molecule has 2 aromatic rings. The number of primary amides is 1. The number of nitrogens with zero attached hydrogens (tertiary/aromatic N) is 3. The molecule has 0 aliphatic heterocycles. The van der Waals surface area contributed by atoms with Gasteiger partial charge in [0.1, 0.15) is 12.2 Å². The van der Waals surface area contributed by atoms with Crippen molar-refractivity contribution in [2.75, 3.05) is 12.3 Å². The number of carbonyl (C=O) groups is 2. The lowest BCUT2D eigenvalue weighted by Gasteiger charge is -2.22. The van der Waals surface area contributed by atoms with E-state index in [0.29, 0.717) is 11.4 Å². The summed E-state index contributed by atoms with van der Waals surface area (Å²) in [6, 6.07) is 7.18. The Bertz CT molecular complexity index is 665. The molecule has 2 amide bonds. The third-order valence-electron chi connectivity index (χ3n) is 3.09. The average Bonchev–Trinajstić information content (AvgIpc) is 2.85. The molecule has 0 unspecified atom stereocenters. The Morgan fingerprint density at radius 1 is 1.33 bits per heavy atom. The van der Waals surface area contributed by atoms with Crippen LogP contribution in [0.5, 0.6) is 0 Å². The summed E-state index contributed by atoms with van der Waals surface area (Å²) in [5.74, 6) is -0.905. The molecule has 7 heteroatoms. The molecule has 7 nitrogen and oxygen atoms in total. The van der Waals surface area contributed by atoms with Crippen molar-refractivity contribution in [1.29, 1.82) is 0 Å². The van der Waals surface area contributed by atoms with Crippen molar-refractivity contribution in [2.24, 2.45) is 12.8 Å². The zero-order valence-electron chi connectivity index (χ0n) is 11.7. The highest BCUT2D eigenvalue weighted by molar-refractivity contribution is 5.94. The summed E-state index contributed by atoms with van der Waals surface area (Å²) in [7, 11) is 1.71. The van der Waals surface area contributed by atoms with Gasteiger partial charge in [0, 0.05) is 19.3 Å². The number of hydrogen-bond donors (Lipinski definition) is 2. The first-order valence-electron chi connectivity index (χ1n) is 6.36. The van der Waals surface area contributed by atoms with Crippen molar-refractivity contribution in [3.05, 3.63) is 48.0 Å². The van der Waals surface area contributed by atoms with Gasteiger partial charge in [-0.15, -0.1) is 0 Å². The van der Waals surface area contributed by atoms with Gasteiger partial charge in [0.05, 0.1) is 12.5 Å². The van der Waals surface area contributed by atoms with Gasteiger partial charge < -0.3 is 20.9 Å². The fraction of sp³-hybridized carbons (Fsp3) is 0.214. The van der Waals surface area contributed by atoms with Crippen molar-refractivity contribution in [3.8, 4) is 0 Å². The van der Waals surface area contributed by atoms with Gasteiger partial charge in [0.2, 0.25) is 5.91 Å². The zero-order chi connectivity index (χ0) is 15.4. The second-order valence-electron chi connectivity index (χ2n) is 4.72. The summed E-state index contributed by atoms with van der Waals surface area (Å²) in [5.41, 5.74) is 12.8. The molecule has 4 N–H and O–H groups in total. The minimum Gasteiger partial charge on any atom is -0.398 e. The number of hydrogen-bond acceptors (Lipinski definition) is 4. The van der Waals surface area contributed by atoms with E-state index in [9.17, 15) is 9.59 Å². The van der Waals surface area contributed by atoms with E-state index in [1.165, 1.54) is 17.4 Å². The standard InChI is InChI=1S/C14H17N5O2/c1-18-9-17-6-12(18)14(21)19(8-13(16)20)7-10-4-2-3-5-11(10)15/h2-6,9H,7-8,15H2,1H3,(H2,16,20). The van der Waals surface area contributed by atoms with E-state index in [4.69, 9.17) is 11.5 Å². The van der Waals surface area contributed by atoms with Crippen LogP contribution in [0.25, 0.3) is 0 Å². The maximum atomic E-state index is 12.5. The number of anilines is 1. The van der Waals surface area contributed by atoms with Crippen LogP contribution in [-0.2, 0) is 18.4 Å². The summed E-state index contributed by atoms with van der Waals surface area (Å²) in [6.45, 7) is 0.0258. The topological polar surface area (TPSA) is 107 Å². The number of nitrogen functional groups attached to an aromatic ring is 1. The molecule has 0 radical (unpaired) electrons. The lowest BCUT2D eigenvalue weighted by atomic mass is 10.1. The first-order valence-corrected chi connectivity index (χ1v) is 6.36.